The van der Waals surface area contributed by atoms with Gasteiger partial charge in [-0.3, -0.25) is 19.3 Å². The predicted molar refractivity (Wildman–Crippen MR) is 134 cm³/mol. The summed E-state index contributed by atoms with van der Waals surface area (Å²) in [6.07, 6.45) is -0.166. The Hall–Kier alpha value is -4.77. The number of nitrogens with zero attached hydrogens (tertiary/aromatic N) is 2. The highest BCUT2D eigenvalue weighted by Crippen LogP contribution is 2.31. The molecule has 7 N–H and O–H groups in total. The van der Waals surface area contributed by atoms with Crippen LogP contribution in [0, 0.1) is 11.6 Å². The predicted octanol–water partition coefficient (Wildman–Crippen LogP) is -1.11. The van der Waals surface area contributed by atoms with Gasteiger partial charge in [0.2, 0.25) is 5.91 Å². The summed E-state index contributed by atoms with van der Waals surface area (Å²) in [5.74, 6) is -9.93. The molecule has 1 unspecified atom stereocenters. The van der Waals surface area contributed by atoms with E-state index in [0.29, 0.717) is 22.6 Å². The van der Waals surface area contributed by atoms with E-state index in [1.165, 1.54) is 18.2 Å². The van der Waals surface area contributed by atoms with Gasteiger partial charge in [0.25, 0.3) is 0 Å². The molecule has 41 heavy (non-hydrogen) atoms. The van der Waals surface area contributed by atoms with Gasteiger partial charge in [-0.15, -0.1) is 0 Å². The Morgan fingerprint density at radius 2 is 1.83 bits per heavy atom. The summed E-state index contributed by atoms with van der Waals surface area (Å²) < 4.78 is 35.0. The van der Waals surface area contributed by atoms with Crippen molar-refractivity contribution >= 4 is 36.8 Å². The van der Waals surface area contributed by atoms with Crippen LogP contribution in [-0.4, -0.2) is 94.0 Å². The number of fused-ring (bicyclic) bond motifs is 1. The molecule has 1 fully saturated rings. The third-order valence-corrected chi connectivity index (χ3v) is 6.51. The van der Waals surface area contributed by atoms with E-state index in [9.17, 15) is 48.0 Å². The molecule has 216 valence electrons. The second-order valence-corrected chi connectivity index (χ2v) is 9.17. The number of aromatic carboxylic acids is 1. The Morgan fingerprint density at radius 3 is 2.46 bits per heavy atom. The zero-order chi connectivity index (χ0) is 30.0. The van der Waals surface area contributed by atoms with Crippen molar-refractivity contribution < 1.29 is 52.6 Å². The number of aromatic hydroxyl groups is 1. The second-order valence-electron chi connectivity index (χ2n) is 9.17. The number of nitrogens with one attached hydrogen (secondary N) is 2. The summed E-state index contributed by atoms with van der Waals surface area (Å²) in [6, 6.07) is 1.65. The normalized spacial score (nSPS) is 17.5. The van der Waals surface area contributed by atoms with E-state index in [2.05, 4.69) is 5.32 Å². The van der Waals surface area contributed by atoms with Gasteiger partial charge in [-0.25, -0.2) is 18.4 Å². The molecule has 2 aliphatic heterocycles. The van der Waals surface area contributed by atoms with Gasteiger partial charge < -0.3 is 41.2 Å². The van der Waals surface area contributed by atoms with Crippen LogP contribution < -0.4 is 21.0 Å². The number of carbonyl (C=O) groups is 5. The lowest BCUT2D eigenvalue weighted by Gasteiger charge is -2.33. The molecule has 0 aromatic heterocycles. The van der Waals surface area contributed by atoms with Crippen molar-refractivity contribution in [3.8, 4) is 11.5 Å². The number of nitrogens with two attached hydrogens (primary N) is 1. The van der Waals surface area contributed by atoms with E-state index in [1.54, 1.807) is 0 Å². The van der Waals surface area contributed by atoms with E-state index < -0.39 is 71.8 Å². The van der Waals surface area contributed by atoms with Crippen LogP contribution in [0.15, 0.2) is 30.3 Å². The second kappa shape index (κ2) is 11.8. The van der Waals surface area contributed by atoms with Crippen LogP contribution in [-0.2, 0) is 20.8 Å². The smallest absolute Gasteiger partial charge is 0.534 e. The number of halogens is 2. The maximum Gasteiger partial charge on any atom is 0.547 e. The summed E-state index contributed by atoms with van der Waals surface area (Å²) in [5, 5.41) is 33.7. The molecule has 2 aliphatic rings. The number of hydrogen-bond acceptors (Lipinski definition) is 9. The lowest BCUT2D eigenvalue weighted by Crippen LogP contribution is -2.60. The number of para-hydroxylation sites is 1. The molecule has 5 amide bonds. The van der Waals surface area contributed by atoms with Crippen LogP contribution in [0.3, 0.4) is 0 Å². The number of carboxylic acid groups (broad SMARTS) is 1. The molecule has 0 aliphatic carbocycles. The number of urea groups is 1. The van der Waals surface area contributed by atoms with Gasteiger partial charge in [-0.2, -0.15) is 0 Å². The van der Waals surface area contributed by atoms with Crippen LogP contribution in [0.2, 0.25) is 0 Å². The first-order valence-electron chi connectivity index (χ1n) is 12.2. The lowest BCUT2D eigenvalue weighted by molar-refractivity contribution is -0.153. The fraction of sp³-hybridized carbons (Fsp3) is 0.292. The Bertz CT molecular complexity index is 1400. The molecular formula is C24H24BF2N5O9. The van der Waals surface area contributed by atoms with Crippen LogP contribution in [0.1, 0.15) is 27.5 Å². The molecule has 0 spiro atoms. The quantitative estimate of drug-likeness (QED) is 0.173. The first-order chi connectivity index (χ1) is 19.4. The highest BCUT2D eigenvalue weighted by Gasteiger charge is 2.42. The fourth-order valence-corrected chi connectivity index (χ4v) is 4.54. The molecule has 0 saturated carbocycles. The van der Waals surface area contributed by atoms with Gasteiger partial charge >= 0.3 is 30.9 Å². The topological polar surface area (TPSA) is 212 Å². The number of piperazine rings is 1. The molecule has 2 heterocycles. The molecule has 1 saturated heterocycles. The molecule has 2 atom stereocenters. The first kappa shape index (κ1) is 29.2. The van der Waals surface area contributed by atoms with Gasteiger partial charge in [-0.05, 0) is 18.1 Å². The Labute approximate surface area is 230 Å². The maximum atomic E-state index is 14.8. The minimum atomic E-state index is -2.16. The van der Waals surface area contributed by atoms with Gasteiger partial charge in [0.1, 0.15) is 29.2 Å². The zero-order valence-corrected chi connectivity index (χ0v) is 21.2. The Kier molecular flexibility index (Phi) is 8.39. The number of phenols is 1. The summed E-state index contributed by atoms with van der Waals surface area (Å²) in [6.45, 7) is -0.260. The number of amides is 5. The fourth-order valence-electron chi connectivity index (χ4n) is 4.54. The highest BCUT2D eigenvalue weighted by atomic mass is 19.1. The van der Waals surface area contributed by atoms with Gasteiger partial charge in [0.15, 0.2) is 0 Å². The lowest BCUT2D eigenvalue weighted by atomic mass is 9.72. The molecular weight excluding hydrogens is 551 g/mol. The number of hydrogen-bond donors (Lipinski definition) is 6. The molecule has 0 bridgehead atoms. The Balaban J connectivity index is 1.60. The third-order valence-electron chi connectivity index (χ3n) is 6.51. The number of carboxylic acids is 1. The summed E-state index contributed by atoms with van der Waals surface area (Å²) >= 11 is 0. The van der Waals surface area contributed by atoms with E-state index in [0.717, 1.165) is 4.90 Å². The minimum Gasteiger partial charge on any atom is -0.534 e. The average Bonchev–Trinajstić information content (AvgIpc) is 2.90. The first-order valence-corrected chi connectivity index (χ1v) is 12.2. The number of phenolic OH excluding ortho intramolecular Hbond substituents is 1. The standard InChI is InChI=1S/C24H24BF2N5O9/c26-14-9-12(33)10-15(27)17(14)18(30-24(39)32-7-6-31(5-4-28)21(35)22(32)36)20(34)29-16-8-11-2-1-3-13(23(37)38)19(11)41-25(16)40/h1-3,9-10,16,18,33,40H,4-8,28H2,(H,29,34)(H,30,39)(H,37,38)/t16-,18?/m0/s1. The van der Waals surface area contributed by atoms with Crippen molar-refractivity contribution in [3.63, 3.8) is 0 Å². The van der Waals surface area contributed by atoms with Crippen molar-refractivity contribution in [1.82, 2.24) is 20.4 Å². The maximum absolute atomic E-state index is 14.8. The monoisotopic (exact) mass is 575 g/mol. The number of rotatable bonds is 7. The zero-order valence-electron chi connectivity index (χ0n) is 21.2. The van der Waals surface area contributed by atoms with E-state index in [4.69, 9.17) is 10.4 Å². The van der Waals surface area contributed by atoms with Crippen molar-refractivity contribution in [3.05, 3.63) is 58.7 Å². The van der Waals surface area contributed by atoms with Crippen molar-refractivity contribution in [1.29, 1.82) is 0 Å². The van der Waals surface area contributed by atoms with Gasteiger partial charge in [-0.1, -0.05) is 12.1 Å². The molecule has 2 aromatic carbocycles. The van der Waals surface area contributed by atoms with Gasteiger partial charge in [0, 0.05) is 38.3 Å². The minimum absolute atomic E-state index is 0.0534. The summed E-state index contributed by atoms with van der Waals surface area (Å²) in [7, 11) is -1.80. The van der Waals surface area contributed by atoms with Crippen molar-refractivity contribution in [2.24, 2.45) is 5.73 Å². The highest BCUT2D eigenvalue weighted by molar-refractivity contribution is 6.47. The van der Waals surface area contributed by atoms with Gasteiger partial charge in [0.05, 0.1) is 17.1 Å². The molecule has 4 rings (SSSR count). The van der Waals surface area contributed by atoms with Crippen molar-refractivity contribution in [2.45, 2.75) is 18.4 Å². The average molecular weight is 575 g/mol. The van der Waals surface area contributed by atoms with Crippen molar-refractivity contribution in [2.75, 3.05) is 26.2 Å². The molecule has 14 nitrogen and oxygen atoms in total. The van der Waals surface area contributed by atoms with Crippen LogP contribution in [0.4, 0.5) is 13.6 Å². The van der Waals surface area contributed by atoms with E-state index in [-0.39, 0.29) is 43.9 Å². The van der Waals surface area contributed by atoms with Crippen LogP contribution >= 0.6 is 0 Å². The number of carbonyl (C=O) groups excluding carboxylic acids is 4. The van der Waals surface area contributed by atoms with E-state index in [1.807, 2.05) is 5.32 Å². The molecule has 0 radical (unpaired) electrons. The Morgan fingerprint density at radius 1 is 1.15 bits per heavy atom. The number of benzene rings is 2. The summed E-state index contributed by atoms with van der Waals surface area (Å²) in [4.78, 5) is 64.3. The third kappa shape index (κ3) is 5.90. The van der Waals surface area contributed by atoms with E-state index >= 15 is 0 Å². The number of imide groups is 1. The largest absolute Gasteiger partial charge is 0.547 e. The van der Waals surface area contributed by atoms with Crippen LogP contribution in [0.5, 0.6) is 11.5 Å². The summed E-state index contributed by atoms with van der Waals surface area (Å²) in [5.41, 5.74) is 4.46. The molecule has 2 aromatic rings. The van der Waals surface area contributed by atoms with Crippen LogP contribution in [0.25, 0.3) is 0 Å². The molecule has 17 heteroatoms. The SMILES string of the molecule is NCCN1CCN(C(=O)NC(C(=O)N[C@H]2Cc3cccc(C(=O)O)c3OB2O)c2c(F)cc(O)cc2F)C(=O)C1=O.